The maximum atomic E-state index is 12.0. The summed E-state index contributed by atoms with van der Waals surface area (Å²) >= 11 is 3.18. The first kappa shape index (κ1) is 16.5. The maximum absolute atomic E-state index is 12.0. The molecule has 20 heavy (non-hydrogen) atoms. The summed E-state index contributed by atoms with van der Waals surface area (Å²) in [6, 6.07) is 3.86. The van der Waals surface area contributed by atoms with Gasteiger partial charge in [0.15, 0.2) is 0 Å². The van der Waals surface area contributed by atoms with Crippen molar-refractivity contribution >= 4 is 28.3 Å². The van der Waals surface area contributed by atoms with E-state index in [-0.39, 0.29) is 5.75 Å². The third-order valence-corrected chi connectivity index (χ3v) is 3.18. The third-order valence-electron chi connectivity index (χ3n) is 2.54. The van der Waals surface area contributed by atoms with Crippen LogP contribution in [0.25, 0.3) is 0 Å². The molecule has 1 atom stereocenters. The number of aromatic hydroxyl groups is 1. The third kappa shape index (κ3) is 4.23. The number of likely N-dealkylation sites (N-methyl/N-ethyl adjacent to an activating group) is 1. The Morgan fingerprint density at radius 2 is 2.05 bits per heavy atom. The predicted molar refractivity (Wildman–Crippen MR) is 78.6 cm³/mol. The van der Waals surface area contributed by atoms with Gasteiger partial charge in [0.25, 0.3) is 0 Å². The molecule has 0 spiro atoms. The number of rotatable bonds is 3. The van der Waals surface area contributed by atoms with E-state index in [1.54, 1.807) is 32.9 Å². The van der Waals surface area contributed by atoms with Crippen LogP contribution < -0.4 is 0 Å². The van der Waals surface area contributed by atoms with Crippen molar-refractivity contribution in [3.05, 3.63) is 28.2 Å². The molecule has 0 aliphatic heterocycles. The van der Waals surface area contributed by atoms with Gasteiger partial charge in [-0.25, -0.2) is 4.79 Å². The lowest BCUT2D eigenvalue weighted by Crippen LogP contribution is -2.37. The van der Waals surface area contributed by atoms with Gasteiger partial charge in [-0.05, 0) is 54.4 Å². The van der Waals surface area contributed by atoms with Crippen LogP contribution in [-0.4, -0.2) is 35.0 Å². The molecular weight excluding hydrogens is 326 g/mol. The summed E-state index contributed by atoms with van der Waals surface area (Å²) < 4.78 is 5.68. The average molecular weight is 344 g/mol. The first-order chi connectivity index (χ1) is 9.15. The van der Waals surface area contributed by atoms with Crippen molar-refractivity contribution in [2.45, 2.75) is 32.4 Å². The van der Waals surface area contributed by atoms with Crippen LogP contribution in [0.2, 0.25) is 0 Å². The molecular formula is C14H18BrNO4. The second-order valence-electron chi connectivity index (χ2n) is 5.38. The summed E-state index contributed by atoms with van der Waals surface area (Å²) in [6.45, 7) is 5.27. The molecule has 0 saturated carbocycles. The summed E-state index contributed by atoms with van der Waals surface area (Å²) in [5.41, 5.74) is -0.0491. The zero-order chi connectivity index (χ0) is 15.5. The Bertz CT molecular complexity index is 510. The highest BCUT2D eigenvalue weighted by atomic mass is 79.9. The monoisotopic (exact) mass is 343 g/mol. The Morgan fingerprint density at radius 3 is 2.50 bits per heavy atom. The Morgan fingerprint density at radius 1 is 1.45 bits per heavy atom. The molecule has 1 rings (SSSR count). The smallest absolute Gasteiger partial charge is 0.410 e. The van der Waals surface area contributed by atoms with Crippen molar-refractivity contribution in [1.29, 1.82) is 0 Å². The van der Waals surface area contributed by atoms with Crippen molar-refractivity contribution in [3.8, 4) is 5.75 Å². The van der Waals surface area contributed by atoms with E-state index in [4.69, 9.17) is 4.74 Å². The fourth-order valence-corrected chi connectivity index (χ4v) is 1.94. The van der Waals surface area contributed by atoms with E-state index < -0.39 is 17.7 Å². The number of aldehydes is 1. The van der Waals surface area contributed by atoms with Gasteiger partial charge >= 0.3 is 6.09 Å². The second-order valence-corrected chi connectivity index (χ2v) is 6.24. The van der Waals surface area contributed by atoms with Crippen LogP contribution in [0, 0.1) is 0 Å². The van der Waals surface area contributed by atoms with Crippen molar-refractivity contribution in [2.24, 2.45) is 0 Å². The number of carbonyl (C=O) groups is 2. The van der Waals surface area contributed by atoms with Crippen LogP contribution in [0.3, 0.4) is 0 Å². The lowest BCUT2D eigenvalue weighted by Gasteiger charge is -2.28. The average Bonchev–Trinajstić information content (AvgIpc) is 2.32. The van der Waals surface area contributed by atoms with Gasteiger partial charge < -0.3 is 14.6 Å². The number of benzene rings is 1. The molecule has 1 unspecified atom stereocenters. The number of amides is 1. The summed E-state index contributed by atoms with van der Waals surface area (Å²) in [5.74, 6) is 0.0679. The van der Waals surface area contributed by atoms with Gasteiger partial charge in [-0.2, -0.15) is 0 Å². The predicted octanol–water partition coefficient (Wildman–Crippen LogP) is 3.26. The zero-order valence-corrected chi connectivity index (χ0v) is 13.5. The minimum atomic E-state index is -0.776. The molecule has 0 radical (unpaired) electrons. The van der Waals surface area contributed by atoms with Crippen LogP contribution in [0.5, 0.6) is 5.75 Å². The standard InChI is InChI=1S/C14H18BrNO4/c1-14(2,3)20-13(19)16(4)11(8-17)9-5-6-12(18)10(15)7-9/h5-8,11,18H,1-4H3. The number of nitrogens with zero attached hydrogens (tertiary/aromatic N) is 1. The molecule has 0 fully saturated rings. The van der Waals surface area contributed by atoms with Gasteiger partial charge in [-0.15, -0.1) is 0 Å². The molecule has 1 N–H and O–H groups in total. The molecule has 0 saturated heterocycles. The number of carbonyl (C=O) groups excluding carboxylic acids is 2. The minimum absolute atomic E-state index is 0.0679. The Labute approximate surface area is 126 Å². The first-order valence-electron chi connectivity index (χ1n) is 6.05. The Kier molecular flexibility index (Phi) is 5.16. The highest BCUT2D eigenvalue weighted by molar-refractivity contribution is 9.10. The molecule has 0 bridgehead atoms. The molecule has 1 aromatic rings. The summed E-state index contributed by atoms with van der Waals surface area (Å²) in [7, 11) is 1.49. The minimum Gasteiger partial charge on any atom is -0.507 e. The summed E-state index contributed by atoms with van der Waals surface area (Å²) in [5, 5.41) is 9.46. The van der Waals surface area contributed by atoms with E-state index in [1.807, 2.05) is 0 Å². The molecule has 110 valence electrons. The number of halogens is 1. The second kappa shape index (κ2) is 6.26. The summed E-state index contributed by atoms with van der Waals surface area (Å²) in [6.07, 6.45) is 0.0711. The number of ether oxygens (including phenoxy) is 1. The lowest BCUT2D eigenvalue weighted by atomic mass is 10.1. The number of phenols is 1. The van der Waals surface area contributed by atoms with Crippen molar-refractivity contribution in [3.63, 3.8) is 0 Å². The van der Waals surface area contributed by atoms with E-state index >= 15 is 0 Å². The van der Waals surface area contributed by atoms with Gasteiger partial charge in [0.2, 0.25) is 0 Å². The number of hydrogen-bond donors (Lipinski definition) is 1. The van der Waals surface area contributed by atoms with Crippen LogP contribution in [0.4, 0.5) is 4.79 Å². The highest BCUT2D eigenvalue weighted by Gasteiger charge is 2.26. The zero-order valence-electron chi connectivity index (χ0n) is 11.9. The Balaban J connectivity index is 2.97. The van der Waals surface area contributed by atoms with E-state index in [9.17, 15) is 14.7 Å². The van der Waals surface area contributed by atoms with Crippen molar-refractivity contribution in [2.75, 3.05) is 7.05 Å². The van der Waals surface area contributed by atoms with E-state index in [0.717, 1.165) is 0 Å². The van der Waals surface area contributed by atoms with Crippen LogP contribution in [0.15, 0.2) is 22.7 Å². The Hall–Kier alpha value is -1.56. The first-order valence-corrected chi connectivity index (χ1v) is 6.84. The van der Waals surface area contributed by atoms with E-state index in [0.29, 0.717) is 16.3 Å². The van der Waals surface area contributed by atoms with E-state index in [2.05, 4.69) is 15.9 Å². The van der Waals surface area contributed by atoms with Crippen molar-refractivity contribution < 1.29 is 19.4 Å². The van der Waals surface area contributed by atoms with E-state index in [1.165, 1.54) is 18.0 Å². The quantitative estimate of drug-likeness (QED) is 0.855. The van der Waals surface area contributed by atoms with Crippen LogP contribution in [0.1, 0.15) is 32.4 Å². The fourth-order valence-electron chi connectivity index (χ4n) is 1.55. The topological polar surface area (TPSA) is 66.8 Å². The van der Waals surface area contributed by atoms with Crippen molar-refractivity contribution in [1.82, 2.24) is 4.90 Å². The highest BCUT2D eigenvalue weighted by Crippen LogP contribution is 2.28. The molecule has 1 aromatic carbocycles. The molecule has 0 aliphatic rings. The van der Waals surface area contributed by atoms with Gasteiger partial charge in [-0.3, -0.25) is 4.90 Å². The SMILES string of the molecule is CN(C(=O)OC(C)(C)C)C(C=O)c1ccc(O)c(Br)c1. The number of phenolic OH excluding ortho intramolecular Hbond substituents is 1. The molecule has 0 heterocycles. The molecule has 0 aromatic heterocycles. The normalized spacial score (nSPS) is 12.7. The largest absolute Gasteiger partial charge is 0.507 e. The van der Waals surface area contributed by atoms with Gasteiger partial charge in [0.1, 0.15) is 23.7 Å². The maximum Gasteiger partial charge on any atom is 0.410 e. The van der Waals surface area contributed by atoms with Crippen LogP contribution >= 0.6 is 15.9 Å². The fraction of sp³-hybridized carbons (Fsp3) is 0.429. The van der Waals surface area contributed by atoms with Gasteiger partial charge in [0, 0.05) is 7.05 Å². The molecule has 0 aliphatic carbocycles. The van der Waals surface area contributed by atoms with Crippen LogP contribution in [-0.2, 0) is 9.53 Å². The molecule has 6 heteroatoms. The molecule has 1 amide bonds. The van der Waals surface area contributed by atoms with Gasteiger partial charge in [0.05, 0.1) is 4.47 Å². The van der Waals surface area contributed by atoms with Gasteiger partial charge in [-0.1, -0.05) is 6.07 Å². The molecule has 5 nitrogen and oxygen atoms in total. The lowest BCUT2D eigenvalue weighted by molar-refractivity contribution is -0.112. The summed E-state index contributed by atoms with van der Waals surface area (Å²) in [4.78, 5) is 24.5. The number of hydrogen-bond acceptors (Lipinski definition) is 4.